The van der Waals surface area contributed by atoms with Crippen LogP contribution in [-0.4, -0.2) is 80.2 Å². The van der Waals surface area contributed by atoms with E-state index in [0.717, 1.165) is 91.2 Å². The highest BCUT2D eigenvalue weighted by Crippen LogP contribution is 2.26. The number of anilines is 1. The molecule has 1 aliphatic heterocycles. The minimum atomic E-state index is -0.452. The van der Waals surface area contributed by atoms with Crippen molar-refractivity contribution in [2.45, 2.75) is 69.5 Å². The average molecular weight is 675 g/mol. The number of aryl methyl sites for hydroxylation is 1. The van der Waals surface area contributed by atoms with Gasteiger partial charge in [-0.25, -0.2) is 4.98 Å². The van der Waals surface area contributed by atoms with Crippen LogP contribution in [0, 0.1) is 5.92 Å². The van der Waals surface area contributed by atoms with Crippen molar-refractivity contribution in [3.8, 4) is 0 Å². The molecule has 1 saturated carbocycles. The molecule has 5 heterocycles. The van der Waals surface area contributed by atoms with Crippen molar-refractivity contribution in [2.75, 3.05) is 37.6 Å². The van der Waals surface area contributed by atoms with Crippen LogP contribution in [0.2, 0.25) is 0 Å². The number of fused-ring (bicyclic) bond motifs is 1. The molecule has 2 amide bonds. The molecule has 5 N–H and O–H groups in total. The molecule has 1 atom stereocenters. The van der Waals surface area contributed by atoms with Crippen LogP contribution in [0.1, 0.15) is 62.1 Å². The summed E-state index contributed by atoms with van der Waals surface area (Å²) in [5.74, 6) is -0.117. The van der Waals surface area contributed by atoms with Crippen LogP contribution in [0.3, 0.4) is 0 Å². The Morgan fingerprint density at radius 1 is 1.08 bits per heavy atom. The Bertz CT molecular complexity index is 1770. The maximum atomic E-state index is 12.8. The molecule has 256 valence electrons. The van der Waals surface area contributed by atoms with Crippen molar-refractivity contribution in [3.63, 3.8) is 0 Å². The topological polar surface area (TPSA) is 167 Å². The summed E-state index contributed by atoms with van der Waals surface area (Å²) in [7, 11) is 0. The Morgan fingerprint density at radius 2 is 1.90 bits per heavy atom. The van der Waals surface area contributed by atoms with E-state index in [1.807, 2.05) is 37.5 Å². The zero-order valence-electron chi connectivity index (χ0n) is 27.4. The lowest BCUT2D eigenvalue weighted by Gasteiger charge is -2.36. The maximum Gasteiger partial charge on any atom is 0.279 e. The van der Waals surface area contributed by atoms with Gasteiger partial charge in [-0.3, -0.25) is 33.7 Å². The number of pyridine rings is 3. The van der Waals surface area contributed by atoms with Crippen molar-refractivity contribution < 1.29 is 11.0 Å². The van der Waals surface area contributed by atoms with Crippen LogP contribution in [0.15, 0.2) is 58.7 Å². The monoisotopic (exact) mass is 674 g/mol. The highest BCUT2D eigenvalue weighted by Gasteiger charge is 2.26. The molecule has 1 unspecified atom stereocenters. The molecule has 2 aliphatic rings. The lowest BCUT2D eigenvalue weighted by Crippen LogP contribution is -2.46. The van der Waals surface area contributed by atoms with E-state index >= 15 is 0 Å². The van der Waals surface area contributed by atoms with Crippen molar-refractivity contribution in [1.82, 2.24) is 39.7 Å². The van der Waals surface area contributed by atoms with Gasteiger partial charge in [0.15, 0.2) is 0 Å². The van der Waals surface area contributed by atoms with E-state index < -0.39 is 6.04 Å². The largest absolute Gasteiger partial charge is 0.368 e. The van der Waals surface area contributed by atoms with Crippen LogP contribution in [0.4, 0.5) is 5.69 Å². The van der Waals surface area contributed by atoms with Crippen molar-refractivity contribution in [2.24, 2.45) is 11.7 Å². The van der Waals surface area contributed by atoms with Crippen molar-refractivity contribution >= 4 is 40.5 Å². The molecule has 4 aromatic heterocycles. The van der Waals surface area contributed by atoms with Crippen molar-refractivity contribution in [1.29, 1.82) is 0 Å². The second kappa shape index (κ2) is 15.8. The third kappa shape index (κ3) is 8.41. The maximum absolute atomic E-state index is 12.8. The second-order valence-corrected chi connectivity index (χ2v) is 13.5. The van der Waals surface area contributed by atoms with Crippen LogP contribution < -0.4 is 26.2 Å². The number of carbonyl (C=O) groups is 2. The van der Waals surface area contributed by atoms with E-state index in [-0.39, 0.29) is 24.7 Å². The standard InChI is InChI=1S/C34H44N10O3S.H2/c1-2-24-17-29-30(40-32(24)45)16-23(18-37-29)21-42-12-14-43(15-13-42)26-8-9-28(38-19-26)33(46)41-48-27-20-39-44(22-27)11-10-36-34(47)31(35)25-6-4-3-5-7-25;/h8-9,16-20,22,25,31H,2-7,10-15,21,35H2,1H3,(H,36,47)(H,40,45)(H,41,46);1H. The van der Waals surface area contributed by atoms with Gasteiger partial charge in [0.2, 0.25) is 5.91 Å². The summed E-state index contributed by atoms with van der Waals surface area (Å²) < 4.78 is 4.56. The molecule has 13 nitrogen and oxygen atoms in total. The number of hydrogen-bond acceptors (Lipinski definition) is 10. The first-order chi connectivity index (χ1) is 23.4. The zero-order chi connectivity index (χ0) is 33.5. The minimum Gasteiger partial charge on any atom is -0.368 e. The van der Waals surface area contributed by atoms with Gasteiger partial charge in [0.25, 0.3) is 11.5 Å². The SMILES string of the molecule is CCc1cc2ncc(CN3CCN(c4ccc(C(=O)NSc5cnn(CCNC(=O)C(N)C6CCCCC6)c5)nc4)CC3)cc2[nH]c1=O.[HH]. The first-order valence-electron chi connectivity index (χ1n) is 16.8. The molecule has 2 fully saturated rings. The number of nitrogens with two attached hydrogens (primary N) is 1. The molecule has 0 spiro atoms. The number of nitrogens with zero attached hydrogens (tertiary/aromatic N) is 6. The van der Waals surface area contributed by atoms with Gasteiger partial charge in [0, 0.05) is 58.7 Å². The molecule has 6 rings (SSSR count). The number of piperazine rings is 1. The Morgan fingerprint density at radius 3 is 2.65 bits per heavy atom. The fourth-order valence-electron chi connectivity index (χ4n) is 6.44. The number of nitrogens with one attached hydrogen (secondary N) is 3. The third-order valence-electron chi connectivity index (χ3n) is 9.30. The van der Waals surface area contributed by atoms with Gasteiger partial charge in [0.05, 0.1) is 46.6 Å². The van der Waals surface area contributed by atoms with E-state index in [1.54, 1.807) is 23.1 Å². The van der Waals surface area contributed by atoms with E-state index in [4.69, 9.17) is 5.73 Å². The molecule has 48 heavy (non-hydrogen) atoms. The summed E-state index contributed by atoms with van der Waals surface area (Å²) in [6.45, 7) is 7.09. The molecule has 1 saturated heterocycles. The Balaban J connectivity index is 0.00000468. The lowest BCUT2D eigenvalue weighted by molar-refractivity contribution is -0.123. The summed E-state index contributed by atoms with van der Waals surface area (Å²) in [5.41, 5.74) is 10.8. The predicted molar refractivity (Wildman–Crippen MR) is 189 cm³/mol. The van der Waals surface area contributed by atoms with Gasteiger partial charge in [-0.2, -0.15) is 5.10 Å². The summed E-state index contributed by atoms with van der Waals surface area (Å²) in [6, 6.07) is 7.11. The number of H-pyrrole nitrogens is 1. The number of carbonyl (C=O) groups excluding carboxylic acids is 2. The van der Waals surface area contributed by atoms with Crippen LogP contribution in [0.5, 0.6) is 0 Å². The summed E-state index contributed by atoms with van der Waals surface area (Å²) in [4.78, 5) is 54.8. The lowest BCUT2D eigenvalue weighted by atomic mass is 9.84. The fraction of sp³-hybridized carbons (Fsp3) is 0.471. The highest BCUT2D eigenvalue weighted by atomic mass is 32.2. The Labute approximate surface area is 285 Å². The van der Waals surface area contributed by atoms with E-state index in [1.165, 1.54) is 18.4 Å². The summed E-state index contributed by atoms with van der Waals surface area (Å²) in [5, 5.41) is 7.26. The zero-order valence-corrected chi connectivity index (χ0v) is 28.2. The molecule has 0 aromatic carbocycles. The quantitative estimate of drug-likeness (QED) is 0.164. The summed E-state index contributed by atoms with van der Waals surface area (Å²) in [6.07, 6.45) is 13.4. The number of aromatic nitrogens is 5. The van der Waals surface area contributed by atoms with Gasteiger partial charge in [-0.15, -0.1) is 0 Å². The minimum absolute atomic E-state index is 0. The second-order valence-electron chi connectivity index (χ2n) is 12.6. The first-order valence-corrected chi connectivity index (χ1v) is 17.6. The number of amides is 2. The molecule has 4 aromatic rings. The average Bonchev–Trinajstić information content (AvgIpc) is 3.58. The van der Waals surface area contributed by atoms with Crippen LogP contribution >= 0.6 is 11.9 Å². The predicted octanol–water partition coefficient (Wildman–Crippen LogP) is 3.11. The Kier molecular flexibility index (Phi) is 11.0. The van der Waals surface area contributed by atoms with E-state index in [9.17, 15) is 14.4 Å². The van der Waals surface area contributed by atoms with Gasteiger partial charge < -0.3 is 20.9 Å². The molecular weight excluding hydrogens is 629 g/mol. The number of aromatic amines is 1. The molecular formula is C34H46N10O3S. The Hall–Kier alpha value is -4.27. The molecule has 1 aliphatic carbocycles. The smallest absolute Gasteiger partial charge is 0.279 e. The van der Waals surface area contributed by atoms with Gasteiger partial charge in [-0.05, 0) is 67.0 Å². The van der Waals surface area contributed by atoms with Gasteiger partial charge in [0.1, 0.15) is 5.69 Å². The van der Waals surface area contributed by atoms with Gasteiger partial charge in [-0.1, -0.05) is 26.2 Å². The number of hydrogen-bond donors (Lipinski definition) is 4. The number of rotatable bonds is 12. The molecule has 0 radical (unpaired) electrons. The highest BCUT2D eigenvalue weighted by molar-refractivity contribution is 7.98. The fourth-order valence-corrected chi connectivity index (χ4v) is 7.03. The summed E-state index contributed by atoms with van der Waals surface area (Å²) >= 11 is 1.18. The van der Waals surface area contributed by atoms with Crippen LogP contribution in [0.25, 0.3) is 11.0 Å². The molecule has 0 bridgehead atoms. The van der Waals surface area contributed by atoms with Gasteiger partial charge >= 0.3 is 0 Å². The van der Waals surface area contributed by atoms with Crippen molar-refractivity contribution in [3.05, 3.63) is 76.2 Å². The molecule has 14 heteroatoms. The first kappa shape index (κ1) is 33.6. The normalized spacial score (nSPS) is 16.6. The third-order valence-corrected chi connectivity index (χ3v) is 10.0. The van der Waals surface area contributed by atoms with E-state index in [0.29, 0.717) is 25.2 Å². The van der Waals surface area contributed by atoms with Crippen LogP contribution in [-0.2, 0) is 24.3 Å². The van der Waals surface area contributed by atoms with E-state index in [2.05, 4.69) is 39.9 Å².